The van der Waals surface area contributed by atoms with Crippen LogP contribution in [-0.2, 0) is 9.53 Å². The number of piperidine rings is 1. The molecule has 2 aliphatic rings. The Balaban J connectivity index is 0.00000208. The van der Waals surface area contributed by atoms with Crippen LogP contribution in [0.15, 0.2) is 17.5 Å². The van der Waals surface area contributed by atoms with Gasteiger partial charge in [0.2, 0.25) is 5.91 Å². The molecule has 3 heterocycles. The Kier molecular flexibility index (Phi) is 7.97. The third-order valence-corrected chi connectivity index (χ3v) is 5.78. The Hall–Kier alpha value is -0.660. The first kappa shape index (κ1) is 19.7. The van der Waals surface area contributed by atoms with E-state index in [0.29, 0.717) is 12.5 Å². The largest absolute Gasteiger partial charge is 0.379 e. The monoisotopic (exact) mass is 373 g/mol. The van der Waals surface area contributed by atoms with Crippen LogP contribution >= 0.6 is 23.7 Å². The number of thiophene rings is 1. The normalized spacial score (nSPS) is 26.4. The summed E-state index contributed by atoms with van der Waals surface area (Å²) in [6.45, 7) is 7.25. The lowest BCUT2D eigenvalue weighted by atomic mass is 9.94. The van der Waals surface area contributed by atoms with Crippen molar-refractivity contribution in [1.82, 2.24) is 15.5 Å². The number of amides is 1. The lowest BCUT2D eigenvalue weighted by molar-refractivity contribution is -0.124. The van der Waals surface area contributed by atoms with E-state index in [1.165, 1.54) is 4.88 Å². The van der Waals surface area contributed by atoms with Gasteiger partial charge in [0.05, 0.1) is 25.3 Å². The van der Waals surface area contributed by atoms with Crippen molar-refractivity contribution in [2.45, 2.75) is 31.8 Å². The Labute approximate surface area is 154 Å². The highest BCUT2D eigenvalue weighted by atomic mass is 35.5. The molecule has 3 unspecified atom stereocenters. The summed E-state index contributed by atoms with van der Waals surface area (Å²) in [5, 5.41) is 8.63. The van der Waals surface area contributed by atoms with Gasteiger partial charge in [0.25, 0.3) is 0 Å². The molecule has 0 aliphatic carbocycles. The highest BCUT2D eigenvalue weighted by molar-refractivity contribution is 7.10. The van der Waals surface area contributed by atoms with Crippen LogP contribution in [0.5, 0.6) is 0 Å². The van der Waals surface area contributed by atoms with Gasteiger partial charge in [-0.3, -0.25) is 9.69 Å². The summed E-state index contributed by atoms with van der Waals surface area (Å²) in [4.78, 5) is 16.2. The maximum atomic E-state index is 12.5. The molecule has 2 N–H and O–H groups in total. The quantitative estimate of drug-likeness (QED) is 0.829. The van der Waals surface area contributed by atoms with Gasteiger partial charge in [0.15, 0.2) is 0 Å². The highest BCUT2D eigenvalue weighted by Gasteiger charge is 2.27. The molecule has 1 aromatic rings. The van der Waals surface area contributed by atoms with E-state index in [9.17, 15) is 4.79 Å². The van der Waals surface area contributed by atoms with E-state index >= 15 is 0 Å². The standard InChI is InChI=1S/C17H27N3O2S.ClH/c1-13-4-5-18-14(11-13)17(21)19-12-15(16-3-2-10-23-16)20-6-8-22-9-7-20;/h2-3,10,13-15,18H,4-9,11-12H2,1H3,(H,19,21);1H. The smallest absolute Gasteiger partial charge is 0.237 e. The van der Waals surface area contributed by atoms with Gasteiger partial charge in [-0.2, -0.15) is 0 Å². The minimum Gasteiger partial charge on any atom is -0.379 e. The van der Waals surface area contributed by atoms with Crippen molar-refractivity contribution in [2.24, 2.45) is 5.92 Å². The molecule has 136 valence electrons. The molecule has 0 saturated carbocycles. The summed E-state index contributed by atoms with van der Waals surface area (Å²) in [6, 6.07) is 4.47. The number of morpholine rings is 1. The molecule has 2 aliphatic heterocycles. The number of ether oxygens (including phenoxy) is 1. The second-order valence-corrected chi connectivity index (χ2v) is 7.54. The SMILES string of the molecule is CC1CCNC(C(=O)NCC(c2cccs2)N2CCOCC2)C1.Cl. The second kappa shape index (κ2) is 9.73. The fourth-order valence-electron chi connectivity index (χ4n) is 3.41. The number of halogens is 1. The van der Waals surface area contributed by atoms with Gasteiger partial charge in [0, 0.05) is 24.5 Å². The Morgan fingerprint density at radius 1 is 1.50 bits per heavy atom. The minimum absolute atomic E-state index is 0. The topological polar surface area (TPSA) is 53.6 Å². The lowest BCUT2D eigenvalue weighted by Gasteiger charge is -2.34. The zero-order valence-corrected chi connectivity index (χ0v) is 15.8. The van der Waals surface area contributed by atoms with Crippen molar-refractivity contribution < 1.29 is 9.53 Å². The van der Waals surface area contributed by atoms with E-state index in [0.717, 1.165) is 45.7 Å². The summed E-state index contributed by atoms with van der Waals surface area (Å²) < 4.78 is 5.46. The fourth-order valence-corrected chi connectivity index (χ4v) is 4.27. The van der Waals surface area contributed by atoms with Crippen molar-refractivity contribution in [2.75, 3.05) is 39.4 Å². The van der Waals surface area contributed by atoms with E-state index in [2.05, 4.69) is 40.0 Å². The number of rotatable bonds is 5. The van der Waals surface area contributed by atoms with Crippen molar-refractivity contribution in [1.29, 1.82) is 0 Å². The van der Waals surface area contributed by atoms with Crippen molar-refractivity contribution in [3.63, 3.8) is 0 Å². The van der Waals surface area contributed by atoms with Crippen LogP contribution in [0.1, 0.15) is 30.7 Å². The molecule has 1 aromatic heterocycles. The van der Waals surface area contributed by atoms with Crippen LogP contribution in [0.4, 0.5) is 0 Å². The van der Waals surface area contributed by atoms with Crippen LogP contribution < -0.4 is 10.6 Å². The molecule has 0 radical (unpaired) electrons. The molecule has 3 atom stereocenters. The predicted molar refractivity (Wildman–Crippen MR) is 99.9 cm³/mol. The number of carbonyl (C=O) groups excluding carboxylic acids is 1. The van der Waals surface area contributed by atoms with Crippen LogP contribution in [0, 0.1) is 5.92 Å². The summed E-state index contributed by atoms with van der Waals surface area (Å²) in [5.41, 5.74) is 0. The summed E-state index contributed by atoms with van der Waals surface area (Å²) in [6.07, 6.45) is 2.10. The highest BCUT2D eigenvalue weighted by Crippen LogP contribution is 2.25. The van der Waals surface area contributed by atoms with Gasteiger partial charge in [-0.1, -0.05) is 13.0 Å². The molecule has 1 amide bonds. The van der Waals surface area contributed by atoms with Crippen LogP contribution in [0.3, 0.4) is 0 Å². The molecule has 0 bridgehead atoms. The zero-order valence-electron chi connectivity index (χ0n) is 14.2. The van der Waals surface area contributed by atoms with E-state index in [-0.39, 0.29) is 30.4 Å². The first-order chi connectivity index (χ1) is 11.2. The number of nitrogens with zero attached hydrogens (tertiary/aromatic N) is 1. The average molecular weight is 374 g/mol. The van der Waals surface area contributed by atoms with Gasteiger partial charge >= 0.3 is 0 Å². The van der Waals surface area contributed by atoms with E-state index < -0.39 is 0 Å². The zero-order chi connectivity index (χ0) is 16.1. The van der Waals surface area contributed by atoms with Gasteiger partial charge < -0.3 is 15.4 Å². The van der Waals surface area contributed by atoms with Crippen molar-refractivity contribution in [3.8, 4) is 0 Å². The maximum absolute atomic E-state index is 12.5. The molecular formula is C17H28ClN3O2S. The lowest BCUT2D eigenvalue weighted by Crippen LogP contribution is -2.50. The maximum Gasteiger partial charge on any atom is 0.237 e. The molecule has 0 spiro atoms. The summed E-state index contributed by atoms with van der Waals surface area (Å²) >= 11 is 1.76. The first-order valence-electron chi connectivity index (χ1n) is 8.60. The van der Waals surface area contributed by atoms with Crippen LogP contribution in [-0.4, -0.2) is 56.2 Å². The number of nitrogens with one attached hydrogen (secondary N) is 2. The number of hydrogen-bond acceptors (Lipinski definition) is 5. The van der Waals surface area contributed by atoms with Crippen LogP contribution in [0.25, 0.3) is 0 Å². The predicted octanol–water partition coefficient (Wildman–Crippen LogP) is 2.05. The van der Waals surface area contributed by atoms with Gasteiger partial charge in [-0.15, -0.1) is 23.7 Å². The molecule has 2 fully saturated rings. The summed E-state index contributed by atoms with van der Waals surface area (Å²) in [7, 11) is 0. The first-order valence-corrected chi connectivity index (χ1v) is 9.48. The fraction of sp³-hybridized carbons (Fsp3) is 0.706. The molecule has 7 heteroatoms. The summed E-state index contributed by atoms with van der Waals surface area (Å²) in [5.74, 6) is 0.769. The van der Waals surface area contributed by atoms with E-state index in [1.807, 2.05) is 0 Å². The number of carbonyl (C=O) groups is 1. The van der Waals surface area contributed by atoms with E-state index in [4.69, 9.17) is 4.74 Å². The third-order valence-electron chi connectivity index (χ3n) is 4.81. The molecule has 24 heavy (non-hydrogen) atoms. The molecular weight excluding hydrogens is 346 g/mol. The Morgan fingerprint density at radius 3 is 2.96 bits per heavy atom. The molecule has 0 aromatic carbocycles. The van der Waals surface area contributed by atoms with Gasteiger partial charge in [0.1, 0.15) is 0 Å². The molecule has 2 saturated heterocycles. The molecule has 3 rings (SSSR count). The van der Waals surface area contributed by atoms with Crippen molar-refractivity contribution in [3.05, 3.63) is 22.4 Å². The van der Waals surface area contributed by atoms with Crippen LogP contribution in [0.2, 0.25) is 0 Å². The van der Waals surface area contributed by atoms with Gasteiger partial charge in [-0.05, 0) is 36.8 Å². The molecule has 5 nitrogen and oxygen atoms in total. The second-order valence-electron chi connectivity index (χ2n) is 6.56. The Bertz CT molecular complexity index is 494. The van der Waals surface area contributed by atoms with Gasteiger partial charge in [-0.25, -0.2) is 0 Å². The van der Waals surface area contributed by atoms with E-state index in [1.54, 1.807) is 11.3 Å². The minimum atomic E-state index is -0.0348. The number of hydrogen-bond donors (Lipinski definition) is 2. The van der Waals surface area contributed by atoms with Crippen molar-refractivity contribution >= 4 is 29.7 Å². The Morgan fingerprint density at radius 2 is 2.29 bits per heavy atom. The average Bonchev–Trinajstić information content (AvgIpc) is 3.10. The third kappa shape index (κ3) is 5.17.